The van der Waals surface area contributed by atoms with Gasteiger partial charge < -0.3 is 16.0 Å². The van der Waals surface area contributed by atoms with Crippen molar-refractivity contribution >= 4 is 29.5 Å². The Morgan fingerprint density at radius 2 is 1.58 bits per heavy atom. The number of fused-ring (bicyclic) bond motifs is 1. The molecule has 2 aliphatic heterocycles. The lowest BCUT2D eigenvalue weighted by Gasteiger charge is -2.33. The molecule has 0 unspecified atom stereocenters. The third-order valence-corrected chi connectivity index (χ3v) is 7.72. The van der Waals surface area contributed by atoms with E-state index in [1.165, 1.54) is 0 Å². The summed E-state index contributed by atoms with van der Waals surface area (Å²) < 4.78 is 0. The number of carbonyl (C=O) groups is 3. The fraction of sp³-hybridized carbons (Fsp3) is 0.414. The SMILES string of the molecule is N[C@H](C(=O)N1CCCC1)C1CCC(NC(=O)CN2C(=O)c3ccccc3C2=Cc2ccccc2)CC1. The van der Waals surface area contributed by atoms with E-state index < -0.39 is 6.04 Å². The van der Waals surface area contributed by atoms with Crippen LogP contribution in [0.4, 0.5) is 0 Å². The third kappa shape index (κ3) is 5.07. The number of nitrogens with two attached hydrogens (primary N) is 1. The minimum absolute atomic E-state index is 0.0287. The summed E-state index contributed by atoms with van der Waals surface area (Å²) in [6.07, 6.45) is 7.30. The highest BCUT2D eigenvalue weighted by molar-refractivity contribution is 6.13. The normalized spacial score (nSPS) is 23.6. The van der Waals surface area contributed by atoms with E-state index >= 15 is 0 Å². The van der Waals surface area contributed by atoms with Gasteiger partial charge in [-0.1, -0.05) is 48.5 Å². The van der Waals surface area contributed by atoms with Crippen LogP contribution in [0.1, 0.15) is 60.0 Å². The molecule has 0 bridgehead atoms. The zero-order chi connectivity index (χ0) is 25.1. The van der Waals surface area contributed by atoms with Crippen LogP contribution in [0.25, 0.3) is 11.8 Å². The molecule has 36 heavy (non-hydrogen) atoms. The summed E-state index contributed by atoms with van der Waals surface area (Å²) in [5, 5.41) is 3.13. The van der Waals surface area contributed by atoms with Crippen LogP contribution in [0.3, 0.4) is 0 Å². The Balaban J connectivity index is 1.20. The van der Waals surface area contributed by atoms with Crippen molar-refractivity contribution in [3.8, 4) is 0 Å². The predicted molar refractivity (Wildman–Crippen MR) is 139 cm³/mol. The van der Waals surface area contributed by atoms with Crippen LogP contribution in [0.5, 0.6) is 0 Å². The van der Waals surface area contributed by atoms with Gasteiger partial charge in [0.1, 0.15) is 6.54 Å². The Bertz CT molecular complexity index is 1150. The molecule has 0 radical (unpaired) electrons. The molecule has 2 heterocycles. The molecule has 1 saturated carbocycles. The van der Waals surface area contributed by atoms with Crippen LogP contribution >= 0.6 is 0 Å². The van der Waals surface area contributed by atoms with E-state index in [9.17, 15) is 14.4 Å². The molecule has 5 rings (SSSR count). The number of likely N-dealkylation sites (tertiary alicyclic amines) is 1. The molecule has 1 atom stereocenters. The maximum atomic E-state index is 13.2. The number of nitrogens with zero attached hydrogens (tertiary/aromatic N) is 2. The van der Waals surface area contributed by atoms with Crippen LogP contribution in [0.2, 0.25) is 0 Å². The Hall–Kier alpha value is -3.45. The topological polar surface area (TPSA) is 95.7 Å². The smallest absolute Gasteiger partial charge is 0.259 e. The van der Waals surface area contributed by atoms with E-state index in [0.717, 1.165) is 68.4 Å². The number of amides is 3. The van der Waals surface area contributed by atoms with Crippen molar-refractivity contribution in [2.24, 2.45) is 11.7 Å². The standard InChI is InChI=1S/C29H34N4O3/c30-27(29(36)32-16-6-7-17-32)21-12-14-22(15-13-21)31-26(34)19-33-25(18-20-8-2-1-3-9-20)23-10-4-5-11-24(23)28(33)35/h1-5,8-11,18,21-22,27H,6-7,12-17,19,30H2,(H,31,34)/t21?,22?,27-/m0/s1. The summed E-state index contributed by atoms with van der Waals surface area (Å²) in [4.78, 5) is 42.4. The fourth-order valence-electron chi connectivity index (χ4n) is 5.70. The molecule has 0 aromatic heterocycles. The molecule has 1 saturated heterocycles. The number of carbonyl (C=O) groups excluding carboxylic acids is 3. The second-order valence-electron chi connectivity index (χ2n) is 10.1. The summed E-state index contributed by atoms with van der Waals surface area (Å²) in [7, 11) is 0. The molecule has 2 fully saturated rings. The number of hydrogen-bond donors (Lipinski definition) is 2. The van der Waals surface area contributed by atoms with Gasteiger partial charge in [0.2, 0.25) is 11.8 Å². The van der Waals surface area contributed by atoms with E-state index in [1.54, 1.807) is 4.90 Å². The molecule has 0 spiro atoms. The fourth-order valence-corrected chi connectivity index (χ4v) is 5.70. The highest BCUT2D eigenvalue weighted by Crippen LogP contribution is 2.34. The van der Waals surface area contributed by atoms with Gasteiger partial charge in [-0.25, -0.2) is 0 Å². The second kappa shape index (κ2) is 10.7. The van der Waals surface area contributed by atoms with E-state index in [1.807, 2.05) is 65.6 Å². The predicted octanol–water partition coefficient (Wildman–Crippen LogP) is 3.27. The third-order valence-electron chi connectivity index (χ3n) is 7.72. The van der Waals surface area contributed by atoms with E-state index in [0.29, 0.717) is 5.56 Å². The summed E-state index contributed by atoms with van der Waals surface area (Å²) >= 11 is 0. The molecular formula is C29H34N4O3. The van der Waals surface area contributed by atoms with Crippen molar-refractivity contribution in [1.29, 1.82) is 0 Å². The first-order valence-corrected chi connectivity index (χ1v) is 13.0. The first-order valence-electron chi connectivity index (χ1n) is 13.0. The second-order valence-corrected chi connectivity index (χ2v) is 10.1. The lowest BCUT2D eigenvalue weighted by Crippen LogP contribution is -2.49. The maximum Gasteiger partial charge on any atom is 0.259 e. The Morgan fingerprint density at radius 1 is 0.944 bits per heavy atom. The maximum absolute atomic E-state index is 13.2. The lowest BCUT2D eigenvalue weighted by molar-refractivity contribution is -0.133. The van der Waals surface area contributed by atoms with Crippen LogP contribution in [0.15, 0.2) is 54.6 Å². The number of nitrogens with one attached hydrogen (secondary N) is 1. The van der Waals surface area contributed by atoms with Gasteiger partial charge in [0.05, 0.1) is 11.7 Å². The first kappa shape index (κ1) is 24.3. The van der Waals surface area contributed by atoms with Gasteiger partial charge in [0.15, 0.2) is 0 Å². The number of benzene rings is 2. The molecule has 7 nitrogen and oxygen atoms in total. The molecule has 2 aromatic carbocycles. The van der Waals surface area contributed by atoms with Crippen molar-refractivity contribution in [2.75, 3.05) is 19.6 Å². The average molecular weight is 487 g/mol. The minimum Gasteiger partial charge on any atom is -0.352 e. The zero-order valence-corrected chi connectivity index (χ0v) is 20.6. The Morgan fingerprint density at radius 3 is 2.28 bits per heavy atom. The Kier molecular flexibility index (Phi) is 7.18. The molecule has 3 N–H and O–H groups in total. The molecule has 7 heteroatoms. The summed E-state index contributed by atoms with van der Waals surface area (Å²) in [6.45, 7) is 1.61. The quantitative estimate of drug-likeness (QED) is 0.655. The molecular weight excluding hydrogens is 452 g/mol. The largest absolute Gasteiger partial charge is 0.352 e. The summed E-state index contributed by atoms with van der Waals surface area (Å²) in [6, 6.07) is 16.9. The molecule has 3 amide bonds. The van der Waals surface area contributed by atoms with Crippen LogP contribution in [-0.4, -0.2) is 59.2 Å². The van der Waals surface area contributed by atoms with Crippen molar-refractivity contribution < 1.29 is 14.4 Å². The van der Waals surface area contributed by atoms with Gasteiger partial charge in [0, 0.05) is 30.3 Å². The van der Waals surface area contributed by atoms with Gasteiger partial charge >= 0.3 is 0 Å². The van der Waals surface area contributed by atoms with Crippen LogP contribution in [-0.2, 0) is 9.59 Å². The molecule has 3 aliphatic rings. The van der Waals surface area contributed by atoms with Crippen molar-refractivity contribution in [1.82, 2.24) is 15.1 Å². The summed E-state index contributed by atoms with van der Waals surface area (Å²) in [5.74, 6) is -0.0970. The van der Waals surface area contributed by atoms with Crippen LogP contribution in [0, 0.1) is 5.92 Å². The van der Waals surface area contributed by atoms with Gasteiger partial charge in [-0.15, -0.1) is 0 Å². The average Bonchev–Trinajstić information content (AvgIpc) is 3.53. The minimum atomic E-state index is -0.453. The van der Waals surface area contributed by atoms with Gasteiger partial charge in [-0.3, -0.25) is 19.3 Å². The number of rotatable bonds is 6. The highest BCUT2D eigenvalue weighted by Gasteiger charge is 2.35. The van der Waals surface area contributed by atoms with Crippen molar-refractivity contribution in [3.63, 3.8) is 0 Å². The van der Waals surface area contributed by atoms with Crippen LogP contribution < -0.4 is 11.1 Å². The number of hydrogen-bond acceptors (Lipinski definition) is 4. The van der Waals surface area contributed by atoms with Crippen molar-refractivity contribution in [3.05, 3.63) is 71.3 Å². The van der Waals surface area contributed by atoms with E-state index in [4.69, 9.17) is 5.73 Å². The van der Waals surface area contributed by atoms with E-state index in [-0.39, 0.29) is 36.2 Å². The van der Waals surface area contributed by atoms with Gasteiger partial charge in [-0.2, -0.15) is 0 Å². The van der Waals surface area contributed by atoms with E-state index in [2.05, 4.69) is 5.32 Å². The van der Waals surface area contributed by atoms with Gasteiger partial charge in [-0.05, 0) is 62.1 Å². The molecule has 1 aliphatic carbocycles. The van der Waals surface area contributed by atoms with Gasteiger partial charge in [0.25, 0.3) is 5.91 Å². The molecule has 188 valence electrons. The molecule has 2 aromatic rings. The lowest BCUT2D eigenvalue weighted by atomic mass is 9.81. The Labute approximate surface area is 212 Å². The summed E-state index contributed by atoms with van der Waals surface area (Å²) in [5.41, 5.74) is 9.51. The first-order chi connectivity index (χ1) is 17.5. The zero-order valence-electron chi connectivity index (χ0n) is 20.6. The monoisotopic (exact) mass is 486 g/mol. The highest BCUT2D eigenvalue weighted by atomic mass is 16.2. The van der Waals surface area contributed by atoms with Crippen molar-refractivity contribution in [2.45, 2.75) is 50.6 Å².